The van der Waals surface area contributed by atoms with E-state index in [1.54, 1.807) is 36.4 Å². The van der Waals surface area contributed by atoms with Gasteiger partial charge in [-0.2, -0.15) is 0 Å². The Hall–Kier alpha value is -1.47. The van der Waals surface area contributed by atoms with E-state index in [2.05, 4.69) is 15.9 Å². The van der Waals surface area contributed by atoms with Crippen molar-refractivity contribution in [2.75, 3.05) is 0 Å². The monoisotopic (exact) mass is 457 g/mol. The molecule has 1 heterocycles. The minimum Gasteiger partial charge on any atom is -0.507 e. The van der Waals surface area contributed by atoms with Crippen LogP contribution in [0.4, 0.5) is 4.79 Å². The second kappa shape index (κ2) is 7.41. The summed E-state index contributed by atoms with van der Waals surface area (Å²) >= 11 is 16.3. The molecule has 0 saturated carbocycles. The summed E-state index contributed by atoms with van der Waals surface area (Å²) in [5, 5.41) is 9.95. The average Bonchev–Trinajstić information content (AvgIpc) is 2.81. The molecule has 25 heavy (non-hydrogen) atoms. The maximum absolute atomic E-state index is 12.6. The molecular weight excluding hydrogens is 449 g/mol. The third-order valence-electron chi connectivity index (χ3n) is 3.52. The smallest absolute Gasteiger partial charge is 0.293 e. The zero-order valence-electron chi connectivity index (χ0n) is 12.5. The van der Waals surface area contributed by atoms with Crippen LogP contribution in [0.25, 0.3) is 6.08 Å². The SMILES string of the molecule is O=C1S/C(=C/c2ccc(O)c(Br)c2)C(=O)N1Cc1c(Cl)cccc1Cl. The lowest BCUT2D eigenvalue weighted by Crippen LogP contribution is -2.27. The van der Waals surface area contributed by atoms with E-state index >= 15 is 0 Å². The summed E-state index contributed by atoms with van der Waals surface area (Å²) in [6.45, 7) is 0.0137. The highest BCUT2D eigenvalue weighted by atomic mass is 79.9. The number of carbonyl (C=O) groups is 2. The molecule has 0 bridgehead atoms. The summed E-state index contributed by atoms with van der Waals surface area (Å²) in [4.78, 5) is 26.2. The highest BCUT2D eigenvalue weighted by Crippen LogP contribution is 2.36. The molecule has 4 nitrogen and oxygen atoms in total. The van der Waals surface area contributed by atoms with Gasteiger partial charge in [-0.15, -0.1) is 0 Å². The normalized spacial score (nSPS) is 16.1. The summed E-state index contributed by atoms with van der Waals surface area (Å²) in [7, 11) is 0. The maximum Gasteiger partial charge on any atom is 0.293 e. The first kappa shape index (κ1) is 18.3. The van der Waals surface area contributed by atoms with Crippen molar-refractivity contribution in [3.63, 3.8) is 0 Å². The van der Waals surface area contributed by atoms with Crippen LogP contribution >= 0.6 is 50.9 Å². The van der Waals surface area contributed by atoms with E-state index in [1.165, 1.54) is 6.07 Å². The summed E-state index contributed by atoms with van der Waals surface area (Å²) < 4.78 is 0.503. The number of halogens is 3. The van der Waals surface area contributed by atoms with Crippen molar-refractivity contribution in [3.8, 4) is 5.75 Å². The Morgan fingerprint density at radius 1 is 1.16 bits per heavy atom. The highest BCUT2D eigenvalue weighted by Gasteiger charge is 2.35. The van der Waals surface area contributed by atoms with Gasteiger partial charge in [0.05, 0.1) is 15.9 Å². The number of benzene rings is 2. The zero-order chi connectivity index (χ0) is 18.1. The molecule has 128 valence electrons. The Labute approximate surface area is 166 Å². The fraction of sp³-hybridized carbons (Fsp3) is 0.0588. The molecule has 1 N–H and O–H groups in total. The summed E-state index contributed by atoms with van der Waals surface area (Å²) in [6, 6.07) is 9.83. The maximum atomic E-state index is 12.6. The molecule has 1 fully saturated rings. The van der Waals surface area contributed by atoms with E-state index in [0.717, 1.165) is 16.7 Å². The van der Waals surface area contributed by atoms with Crippen molar-refractivity contribution in [2.24, 2.45) is 0 Å². The van der Waals surface area contributed by atoms with Gasteiger partial charge in [0.25, 0.3) is 11.1 Å². The van der Waals surface area contributed by atoms with Gasteiger partial charge < -0.3 is 5.11 Å². The van der Waals surface area contributed by atoms with E-state index in [4.69, 9.17) is 23.2 Å². The molecule has 0 aliphatic carbocycles. The van der Waals surface area contributed by atoms with Crippen LogP contribution in [0.2, 0.25) is 10.0 Å². The molecule has 0 atom stereocenters. The molecule has 1 aliphatic rings. The summed E-state index contributed by atoms with van der Waals surface area (Å²) in [6.07, 6.45) is 1.60. The molecule has 0 unspecified atom stereocenters. The van der Waals surface area contributed by atoms with Crippen molar-refractivity contribution in [2.45, 2.75) is 6.54 Å². The van der Waals surface area contributed by atoms with Gasteiger partial charge in [-0.05, 0) is 63.6 Å². The Kier molecular flexibility index (Phi) is 5.43. The first-order valence-electron chi connectivity index (χ1n) is 7.03. The lowest BCUT2D eigenvalue weighted by atomic mass is 10.2. The molecule has 2 aromatic rings. The Bertz CT molecular complexity index is 897. The molecule has 0 radical (unpaired) electrons. The van der Waals surface area contributed by atoms with Gasteiger partial charge in [-0.1, -0.05) is 35.3 Å². The van der Waals surface area contributed by atoms with Gasteiger partial charge in [0.1, 0.15) is 5.75 Å². The number of imide groups is 1. The number of nitrogens with zero attached hydrogens (tertiary/aromatic N) is 1. The molecule has 0 spiro atoms. The molecule has 2 amide bonds. The number of thioether (sulfide) groups is 1. The largest absolute Gasteiger partial charge is 0.507 e. The average molecular weight is 459 g/mol. The van der Waals surface area contributed by atoms with Crippen LogP contribution in [0.15, 0.2) is 45.8 Å². The molecule has 3 rings (SSSR count). The Balaban J connectivity index is 1.87. The van der Waals surface area contributed by atoms with Crippen LogP contribution in [-0.2, 0) is 11.3 Å². The number of hydrogen-bond acceptors (Lipinski definition) is 4. The van der Waals surface area contributed by atoms with Crippen LogP contribution in [0.3, 0.4) is 0 Å². The quantitative estimate of drug-likeness (QED) is 0.599. The number of phenols is 1. The third kappa shape index (κ3) is 3.87. The van der Waals surface area contributed by atoms with Crippen LogP contribution in [0.1, 0.15) is 11.1 Å². The number of phenolic OH excluding ortho intramolecular Hbond substituents is 1. The molecule has 1 aliphatic heterocycles. The first-order valence-corrected chi connectivity index (χ1v) is 9.40. The topological polar surface area (TPSA) is 57.6 Å². The Morgan fingerprint density at radius 3 is 2.48 bits per heavy atom. The number of carbonyl (C=O) groups excluding carboxylic acids is 2. The van der Waals surface area contributed by atoms with Gasteiger partial charge in [0.15, 0.2) is 0 Å². The molecule has 8 heteroatoms. The second-order valence-corrected chi connectivity index (χ2v) is 7.84. The fourth-order valence-electron chi connectivity index (χ4n) is 2.24. The molecule has 2 aromatic carbocycles. The first-order chi connectivity index (χ1) is 11.9. The molecule has 0 aromatic heterocycles. The van der Waals surface area contributed by atoms with Crippen LogP contribution in [-0.4, -0.2) is 21.2 Å². The van der Waals surface area contributed by atoms with E-state index in [-0.39, 0.29) is 17.5 Å². The van der Waals surface area contributed by atoms with Crippen LogP contribution < -0.4 is 0 Å². The van der Waals surface area contributed by atoms with Crippen molar-refractivity contribution in [3.05, 3.63) is 66.9 Å². The molecular formula is C17H10BrCl2NO3S. The number of hydrogen-bond donors (Lipinski definition) is 1. The van der Waals surface area contributed by atoms with Gasteiger partial charge >= 0.3 is 0 Å². The lowest BCUT2D eigenvalue weighted by Gasteiger charge is -2.14. The highest BCUT2D eigenvalue weighted by molar-refractivity contribution is 9.10. The van der Waals surface area contributed by atoms with E-state index in [0.29, 0.717) is 30.6 Å². The van der Waals surface area contributed by atoms with Gasteiger partial charge in [-0.3, -0.25) is 14.5 Å². The second-order valence-electron chi connectivity index (χ2n) is 5.18. The lowest BCUT2D eigenvalue weighted by molar-refractivity contribution is -0.123. The predicted octanol–water partition coefficient (Wildman–Crippen LogP) is 5.70. The van der Waals surface area contributed by atoms with E-state index in [1.807, 2.05) is 0 Å². The van der Waals surface area contributed by atoms with Crippen molar-refractivity contribution in [1.29, 1.82) is 0 Å². The predicted molar refractivity (Wildman–Crippen MR) is 104 cm³/mol. The van der Waals surface area contributed by atoms with Crippen molar-refractivity contribution in [1.82, 2.24) is 4.90 Å². The van der Waals surface area contributed by atoms with Gasteiger partial charge in [-0.25, -0.2) is 0 Å². The standard InChI is InChI=1S/C17H10BrCl2NO3S/c18-11-6-9(4-5-14(11)22)7-15-16(23)21(17(24)25-15)8-10-12(19)2-1-3-13(10)20/h1-7,22H,8H2/b15-7+. The van der Waals surface area contributed by atoms with Gasteiger partial charge in [0.2, 0.25) is 0 Å². The summed E-state index contributed by atoms with van der Waals surface area (Å²) in [5.74, 6) is -0.311. The van der Waals surface area contributed by atoms with Crippen molar-refractivity contribution < 1.29 is 14.7 Å². The third-order valence-corrected chi connectivity index (χ3v) is 5.77. The molecule has 1 saturated heterocycles. The number of amides is 2. The van der Waals surface area contributed by atoms with Crippen LogP contribution in [0, 0.1) is 0 Å². The fourth-order valence-corrected chi connectivity index (χ4v) is 3.99. The van der Waals surface area contributed by atoms with Crippen LogP contribution in [0.5, 0.6) is 5.75 Å². The minimum absolute atomic E-state index is 0.0137. The van der Waals surface area contributed by atoms with Gasteiger partial charge in [0, 0.05) is 15.6 Å². The number of rotatable bonds is 3. The summed E-state index contributed by atoms with van der Waals surface area (Å²) in [5.41, 5.74) is 1.22. The Morgan fingerprint density at radius 2 is 1.84 bits per heavy atom. The minimum atomic E-state index is -0.407. The van der Waals surface area contributed by atoms with E-state index < -0.39 is 5.91 Å². The van der Waals surface area contributed by atoms with E-state index in [9.17, 15) is 14.7 Å². The zero-order valence-corrected chi connectivity index (χ0v) is 16.4. The number of aromatic hydroxyl groups is 1. The van der Waals surface area contributed by atoms with Crippen molar-refractivity contribution >= 4 is 68.1 Å².